The Labute approximate surface area is 129 Å². The van der Waals surface area contributed by atoms with Crippen molar-refractivity contribution in [1.29, 1.82) is 0 Å². The van der Waals surface area contributed by atoms with Crippen molar-refractivity contribution in [3.63, 3.8) is 0 Å². The molecule has 1 N–H and O–H groups in total. The predicted octanol–water partition coefficient (Wildman–Crippen LogP) is 3.17. The molecule has 3 nitrogen and oxygen atoms in total. The number of para-hydroxylation sites is 1. The van der Waals surface area contributed by atoms with Crippen molar-refractivity contribution < 1.29 is 9.84 Å². The molecule has 0 radical (unpaired) electrons. The second-order valence-electron chi connectivity index (χ2n) is 4.92. The van der Waals surface area contributed by atoms with Crippen LogP contribution in [-0.2, 0) is 6.61 Å². The smallest absolute Gasteiger partial charge is 0.119 e. The van der Waals surface area contributed by atoms with Gasteiger partial charge in [-0.1, -0.05) is 30.3 Å². The normalized spacial score (nSPS) is 13.9. The van der Waals surface area contributed by atoms with Crippen molar-refractivity contribution in [2.45, 2.75) is 11.5 Å². The van der Waals surface area contributed by atoms with Crippen LogP contribution in [0.4, 0.5) is 5.69 Å². The maximum absolute atomic E-state index is 9.45. The Morgan fingerprint density at radius 2 is 1.95 bits per heavy atom. The molecule has 1 heterocycles. The lowest BCUT2D eigenvalue weighted by Gasteiger charge is -2.31. The van der Waals surface area contributed by atoms with E-state index in [1.165, 1.54) is 10.6 Å². The van der Waals surface area contributed by atoms with Crippen molar-refractivity contribution in [1.82, 2.24) is 0 Å². The third-order valence-corrected chi connectivity index (χ3v) is 4.71. The molecule has 0 amide bonds. The predicted molar refractivity (Wildman–Crippen MR) is 87.2 cm³/mol. The van der Waals surface area contributed by atoms with Gasteiger partial charge in [-0.2, -0.15) is 0 Å². The van der Waals surface area contributed by atoms with Crippen LogP contribution in [0.3, 0.4) is 0 Å². The first-order valence-corrected chi connectivity index (χ1v) is 8.15. The Bertz CT molecular complexity index is 589. The van der Waals surface area contributed by atoms with E-state index in [4.69, 9.17) is 4.74 Å². The highest BCUT2D eigenvalue weighted by atomic mass is 32.2. The largest absolute Gasteiger partial charge is 0.492 e. The minimum Gasteiger partial charge on any atom is -0.492 e. The van der Waals surface area contributed by atoms with Gasteiger partial charge in [-0.05, 0) is 23.8 Å². The number of aliphatic hydroxyl groups is 1. The highest BCUT2D eigenvalue weighted by Gasteiger charge is 2.19. The molecule has 0 fully saturated rings. The van der Waals surface area contributed by atoms with E-state index in [1.807, 2.05) is 54.2 Å². The molecule has 110 valence electrons. The summed E-state index contributed by atoms with van der Waals surface area (Å²) in [4.78, 5) is 3.56. The number of ether oxygens (including phenoxy) is 1. The Morgan fingerprint density at radius 3 is 2.76 bits per heavy atom. The van der Waals surface area contributed by atoms with E-state index in [0.717, 1.165) is 30.2 Å². The van der Waals surface area contributed by atoms with E-state index in [9.17, 15) is 5.11 Å². The Hall–Kier alpha value is -1.65. The van der Waals surface area contributed by atoms with Gasteiger partial charge in [0.1, 0.15) is 12.4 Å². The van der Waals surface area contributed by atoms with Gasteiger partial charge in [0, 0.05) is 17.2 Å². The topological polar surface area (TPSA) is 32.7 Å². The molecule has 1 aliphatic heterocycles. The number of anilines is 1. The average Bonchev–Trinajstić information content (AvgIpc) is 2.55. The summed E-state index contributed by atoms with van der Waals surface area (Å²) in [6, 6.07) is 16.0. The fourth-order valence-electron chi connectivity index (χ4n) is 2.51. The molecule has 0 aliphatic carbocycles. The summed E-state index contributed by atoms with van der Waals surface area (Å²) in [5.74, 6) is 1.96. The fraction of sp³-hybridized carbons (Fsp3) is 0.294. The van der Waals surface area contributed by atoms with Crippen LogP contribution in [-0.4, -0.2) is 30.6 Å². The summed E-state index contributed by atoms with van der Waals surface area (Å²) < 4.78 is 5.78. The van der Waals surface area contributed by atoms with Crippen LogP contribution in [0.5, 0.6) is 5.75 Å². The number of hydrogen-bond acceptors (Lipinski definition) is 4. The van der Waals surface area contributed by atoms with Crippen molar-refractivity contribution in [2.75, 3.05) is 30.3 Å². The van der Waals surface area contributed by atoms with Crippen molar-refractivity contribution >= 4 is 17.4 Å². The van der Waals surface area contributed by atoms with Crippen LogP contribution in [0.25, 0.3) is 0 Å². The third-order valence-electron chi connectivity index (χ3n) is 3.57. The summed E-state index contributed by atoms with van der Waals surface area (Å²) in [7, 11) is 0. The fourth-order valence-corrected chi connectivity index (χ4v) is 3.69. The molecule has 0 bridgehead atoms. The second kappa shape index (κ2) is 6.87. The first-order valence-electron chi connectivity index (χ1n) is 7.17. The SMILES string of the molecule is OCc1cccc2c1SCCN2CCOc1ccccc1. The van der Waals surface area contributed by atoms with E-state index in [0.29, 0.717) is 6.61 Å². The Balaban J connectivity index is 1.65. The molecule has 0 saturated carbocycles. The molecule has 0 unspecified atom stereocenters. The third kappa shape index (κ3) is 3.34. The Morgan fingerprint density at radius 1 is 1.10 bits per heavy atom. The molecular formula is C17H19NO2S. The maximum atomic E-state index is 9.45. The van der Waals surface area contributed by atoms with Gasteiger partial charge in [-0.25, -0.2) is 0 Å². The van der Waals surface area contributed by atoms with Crippen molar-refractivity contribution in [3.05, 3.63) is 54.1 Å². The van der Waals surface area contributed by atoms with Gasteiger partial charge < -0.3 is 14.7 Å². The molecule has 0 saturated heterocycles. The maximum Gasteiger partial charge on any atom is 0.119 e. The molecule has 0 aromatic heterocycles. The summed E-state index contributed by atoms with van der Waals surface area (Å²) >= 11 is 1.83. The lowest BCUT2D eigenvalue weighted by atomic mass is 10.2. The van der Waals surface area contributed by atoms with Gasteiger partial charge in [0.25, 0.3) is 0 Å². The number of rotatable bonds is 5. The van der Waals surface area contributed by atoms with Gasteiger partial charge in [0.2, 0.25) is 0 Å². The quantitative estimate of drug-likeness (QED) is 0.919. The van der Waals surface area contributed by atoms with Gasteiger partial charge in [0.05, 0.1) is 18.8 Å². The van der Waals surface area contributed by atoms with E-state index < -0.39 is 0 Å². The van der Waals surface area contributed by atoms with Crippen LogP contribution < -0.4 is 9.64 Å². The van der Waals surface area contributed by atoms with E-state index in [2.05, 4.69) is 11.0 Å². The molecule has 2 aromatic rings. The van der Waals surface area contributed by atoms with E-state index in [-0.39, 0.29) is 6.61 Å². The van der Waals surface area contributed by atoms with Gasteiger partial charge in [-0.15, -0.1) is 11.8 Å². The zero-order valence-corrected chi connectivity index (χ0v) is 12.7. The highest BCUT2D eigenvalue weighted by molar-refractivity contribution is 7.99. The van der Waals surface area contributed by atoms with Crippen molar-refractivity contribution in [2.24, 2.45) is 0 Å². The monoisotopic (exact) mass is 301 g/mol. The summed E-state index contributed by atoms with van der Waals surface area (Å²) in [5.41, 5.74) is 2.24. The zero-order valence-electron chi connectivity index (χ0n) is 11.9. The van der Waals surface area contributed by atoms with Gasteiger partial charge >= 0.3 is 0 Å². The van der Waals surface area contributed by atoms with Gasteiger partial charge in [0.15, 0.2) is 0 Å². The minimum atomic E-state index is 0.102. The zero-order chi connectivity index (χ0) is 14.5. The van der Waals surface area contributed by atoms with Crippen LogP contribution in [0.2, 0.25) is 0 Å². The summed E-state index contributed by atoms with van der Waals surface area (Å²) in [6.45, 7) is 2.64. The van der Waals surface area contributed by atoms with Gasteiger partial charge in [-0.3, -0.25) is 0 Å². The molecule has 2 aromatic carbocycles. The summed E-state index contributed by atoms with van der Waals surface area (Å²) in [6.07, 6.45) is 0. The molecule has 1 aliphatic rings. The van der Waals surface area contributed by atoms with E-state index >= 15 is 0 Å². The second-order valence-corrected chi connectivity index (χ2v) is 6.03. The number of fused-ring (bicyclic) bond motifs is 1. The van der Waals surface area contributed by atoms with Crippen LogP contribution >= 0.6 is 11.8 Å². The first-order chi connectivity index (χ1) is 10.4. The number of aliphatic hydroxyl groups excluding tert-OH is 1. The van der Waals surface area contributed by atoms with E-state index in [1.54, 1.807) is 0 Å². The average molecular weight is 301 g/mol. The minimum absolute atomic E-state index is 0.102. The standard InChI is InChI=1S/C17H19NO2S/c19-13-14-5-4-8-16-17(14)21-12-10-18(16)9-11-20-15-6-2-1-3-7-15/h1-8,19H,9-13H2. The Kier molecular flexibility index (Phi) is 4.68. The molecule has 3 rings (SSSR count). The van der Waals surface area contributed by atoms with Crippen molar-refractivity contribution in [3.8, 4) is 5.75 Å². The molecular weight excluding hydrogens is 282 g/mol. The summed E-state index contributed by atoms with van der Waals surface area (Å²) in [5, 5.41) is 9.45. The molecule has 0 spiro atoms. The molecule has 0 atom stereocenters. The number of nitrogens with zero attached hydrogens (tertiary/aromatic N) is 1. The highest BCUT2D eigenvalue weighted by Crippen LogP contribution is 2.37. The van der Waals surface area contributed by atoms with Crippen LogP contribution in [0, 0.1) is 0 Å². The number of hydrogen-bond donors (Lipinski definition) is 1. The number of benzene rings is 2. The lowest BCUT2D eigenvalue weighted by molar-refractivity contribution is 0.279. The number of thioether (sulfide) groups is 1. The molecule has 21 heavy (non-hydrogen) atoms. The lowest BCUT2D eigenvalue weighted by Crippen LogP contribution is -2.33. The molecule has 4 heteroatoms. The first kappa shape index (κ1) is 14.3. The van der Waals surface area contributed by atoms with Crippen LogP contribution in [0.1, 0.15) is 5.56 Å². The van der Waals surface area contributed by atoms with Crippen LogP contribution in [0.15, 0.2) is 53.4 Å².